The van der Waals surface area contributed by atoms with E-state index >= 15 is 0 Å². The number of esters is 1. The number of rotatable bonds is 6. The summed E-state index contributed by atoms with van der Waals surface area (Å²) in [6, 6.07) is 4.38. The molecular weight excluding hydrogens is 294 g/mol. The van der Waals surface area contributed by atoms with Crippen LogP contribution < -0.4 is 5.32 Å². The molecule has 0 heterocycles. The Kier molecular flexibility index (Phi) is 5.90. The van der Waals surface area contributed by atoms with Crippen LogP contribution in [-0.4, -0.2) is 39.7 Å². The van der Waals surface area contributed by atoms with Gasteiger partial charge in [-0.25, -0.2) is 8.42 Å². The number of benzene rings is 1. The van der Waals surface area contributed by atoms with Gasteiger partial charge in [0.15, 0.2) is 9.84 Å². The number of hydrogen-bond donors (Lipinski definition) is 1. The van der Waals surface area contributed by atoms with Crippen molar-refractivity contribution in [3.05, 3.63) is 29.3 Å². The third-order valence-corrected chi connectivity index (χ3v) is 3.91. The lowest BCUT2D eigenvalue weighted by Gasteiger charge is -2.09. The first-order chi connectivity index (χ1) is 9.75. The standard InChI is InChI=1S/C14H19NO5S/c1-4-20-13(16)7-8-15-14(17)12-9-11(21(3,18)19)6-5-10(12)2/h5-6,9H,4,7-8H2,1-3H3,(H,15,17). The summed E-state index contributed by atoms with van der Waals surface area (Å²) < 4.78 is 27.8. The van der Waals surface area contributed by atoms with E-state index in [0.717, 1.165) is 6.26 Å². The number of aryl methyl sites for hydroxylation is 1. The Balaban J connectivity index is 2.76. The lowest BCUT2D eigenvalue weighted by atomic mass is 10.1. The van der Waals surface area contributed by atoms with Gasteiger partial charge in [0.05, 0.1) is 17.9 Å². The Morgan fingerprint density at radius 2 is 1.95 bits per heavy atom. The first-order valence-corrected chi connectivity index (χ1v) is 8.39. The van der Waals surface area contributed by atoms with E-state index in [1.807, 2.05) is 0 Å². The normalized spacial score (nSPS) is 11.0. The Labute approximate surface area is 124 Å². The minimum atomic E-state index is -3.37. The molecule has 0 aliphatic carbocycles. The second kappa shape index (κ2) is 7.21. The summed E-state index contributed by atoms with van der Waals surface area (Å²) in [5.41, 5.74) is 0.942. The number of ether oxygens (including phenoxy) is 1. The van der Waals surface area contributed by atoms with Crippen molar-refractivity contribution in [2.75, 3.05) is 19.4 Å². The number of sulfone groups is 1. The number of hydrogen-bond acceptors (Lipinski definition) is 5. The minimum absolute atomic E-state index is 0.0738. The zero-order valence-electron chi connectivity index (χ0n) is 12.3. The van der Waals surface area contributed by atoms with Gasteiger partial charge in [-0.3, -0.25) is 9.59 Å². The smallest absolute Gasteiger partial charge is 0.307 e. The fraction of sp³-hybridized carbons (Fsp3) is 0.429. The molecule has 116 valence electrons. The van der Waals surface area contributed by atoms with Gasteiger partial charge in [-0.2, -0.15) is 0 Å². The van der Waals surface area contributed by atoms with E-state index in [4.69, 9.17) is 4.74 Å². The summed E-state index contributed by atoms with van der Waals surface area (Å²) in [7, 11) is -3.37. The van der Waals surface area contributed by atoms with E-state index in [1.54, 1.807) is 19.9 Å². The van der Waals surface area contributed by atoms with E-state index in [1.165, 1.54) is 12.1 Å². The molecule has 0 saturated carbocycles. The molecule has 7 heteroatoms. The summed E-state index contributed by atoms with van der Waals surface area (Å²) in [6.07, 6.45) is 1.16. The van der Waals surface area contributed by atoms with E-state index in [-0.39, 0.29) is 29.4 Å². The first kappa shape index (κ1) is 17.2. The monoisotopic (exact) mass is 313 g/mol. The lowest BCUT2D eigenvalue weighted by Crippen LogP contribution is -2.27. The maximum atomic E-state index is 12.0. The molecule has 0 unspecified atom stereocenters. The van der Waals surface area contributed by atoms with Crippen molar-refractivity contribution in [3.63, 3.8) is 0 Å². The fourth-order valence-corrected chi connectivity index (χ4v) is 2.33. The van der Waals surface area contributed by atoms with Crippen LogP contribution in [0.2, 0.25) is 0 Å². The molecule has 0 saturated heterocycles. The zero-order valence-corrected chi connectivity index (χ0v) is 13.1. The summed E-state index contributed by atoms with van der Waals surface area (Å²) in [4.78, 5) is 23.3. The van der Waals surface area contributed by atoms with E-state index in [2.05, 4.69) is 5.32 Å². The fourth-order valence-electron chi connectivity index (χ4n) is 1.68. The van der Waals surface area contributed by atoms with Gasteiger partial charge in [0.25, 0.3) is 5.91 Å². The largest absolute Gasteiger partial charge is 0.466 e. The Hall–Kier alpha value is -1.89. The highest BCUT2D eigenvalue weighted by Gasteiger charge is 2.14. The highest BCUT2D eigenvalue weighted by Crippen LogP contribution is 2.15. The molecule has 0 radical (unpaired) electrons. The van der Waals surface area contributed by atoms with Gasteiger partial charge in [0.2, 0.25) is 0 Å². The van der Waals surface area contributed by atoms with Crippen molar-refractivity contribution >= 4 is 21.7 Å². The molecule has 0 fully saturated rings. The lowest BCUT2D eigenvalue weighted by molar-refractivity contribution is -0.142. The summed E-state index contributed by atoms with van der Waals surface area (Å²) in [5, 5.41) is 2.57. The van der Waals surface area contributed by atoms with Crippen molar-refractivity contribution in [1.29, 1.82) is 0 Å². The second-order valence-electron chi connectivity index (χ2n) is 4.56. The highest BCUT2D eigenvalue weighted by molar-refractivity contribution is 7.90. The van der Waals surface area contributed by atoms with E-state index in [0.29, 0.717) is 12.2 Å². The second-order valence-corrected chi connectivity index (χ2v) is 6.58. The van der Waals surface area contributed by atoms with E-state index < -0.39 is 15.7 Å². The molecule has 0 atom stereocenters. The van der Waals surface area contributed by atoms with Gasteiger partial charge in [0, 0.05) is 18.4 Å². The molecule has 0 aliphatic heterocycles. The van der Waals surface area contributed by atoms with Gasteiger partial charge in [-0.1, -0.05) is 6.07 Å². The number of carbonyl (C=O) groups excluding carboxylic acids is 2. The maximum Gasteiger partial charge on any atom is 0.307 e. The van der Waals surface area contributed by atoms with Crippen LogP contribution in [0, 0.1) is 6.92 Å². The molecule has 6 nitrogen and oxygen atoms in total. The molecular formula is C14H19NO5S. The zero-order chi connectivity index (χ0) is 16.0. The topological polar surface area (TPSA) is 89.5 Å². The van der Waals surface area contributed by atoms with Crippen LogP contribution >= 0.6 is 0 Å². The third-order valence-electron chi connectivity index (χ3n) is 2.80. The van der Waals surface area contributed by atoms with Gasteiger partial charge in [-0.05, 0) is 31.5 Å². The Morgan fingerprint density at radius 3 is 2.52 bits per heavy atom. The number of carbonyl (C=O) groups is 2. The molecule has 1 amide bonds. The van der Waals surface area contributed by atoms with E-state index in [9.17, 15) is 18.0 Å². The maximum absolute atomic E-state index is 12.0. The summed E-state index contributed by atoms with van der Waals surface area (Å²) in [5.74, 6) is -0.804. The molecule has 1 aromatic rings. The van der Waals surface area contributed by atoms with Crippen LogP contribution in [0.5, 0.6) is 0 Å². The van der Waals surface area contributed by atoms with Crippen LogP contribution in [0.15, 0.2) is 23.1 Å². The molecule has 1 N–H and O–H groups in total. The van der Waals surface area contributed by atoms with Crippen LogP contribution in [0.3, 0.4) is 0 Å². The first-order valence-electron chi connectivity index (χ1n) is 6.50. The number of nitrogens with one attached hydrogen (secondary N) is 1. The van der Waals surface area contributed by atoms with Crippen LogP contribution in [0.4, 0.5) is 0 Å². The highest BCUT2D eigenvalue weighted by atomic mass is 32.2. The molecule has 0 aromatic heterocycles. The molecule has 0 aliphatic rings. The van der Waals surface area contributed by atoms with Crippen LogP contribution in [0.25, 0.3) is 0 Å². The summed E-state index contributed by atoms with van der Waals surface area (Å²) >= 11 is 0. The minimum Gasteiger partial charge on any atom is -0.466 e. The van der Waals surface area contributed by atoms with Gasteiger partial charge in [0.1, 0.15) is 0 Å². The van der Waals surface area contributed by atoms with Gasteiger partial charge < -0.3 is 10.1 Å². The molecule has 1 rings (SSSR count). The van der Waals surface area contributed by atoms with Crippen molar-refractivity contribution < 1.29 is 22.7 Å². The van der Waals surface area contributed by atoms with Crippen LogP contribution in [0.1, 0.15) is 29.3 Å². The molecule has 0 spiro atoms. The van der Waals surface area contributed by atoms with Crippen molar-refractivity contribution in [3.8, 4) is 0 Å². The van der Waals surface area contributed by atoms with Crippen LogP contribution in [-0.2, 0) is 19.4 Å². The SMILES string of the molecule is CCOC(=O)CCNC(=O)c1cc(S(C)(=O)=O)ccc1C. The van der Waals surface area contributed by atoms with Gasteiger partial charge >= 0.3 is 5.97 Å². The Morgan fingerprint density at radius 1 is 1.29 bits per heavy atom. The molecule has 0 bridgehead atoms. The van der Waals surface area contributed by atoms with Crippen molar-refractivity contribution in [2.45, 2.75) is 25.2 Å². The average molecular weight is 313 g/mol. The predicted octanol–water partition coefficient (Wildman–Crippen LogP) is 1.08. The average Bonchev–Trinajstić information content (AvgIpc) is 2.38. The quantitative estimate of drug-likeness (QED) is 0.794. The Bertz CT molecular complexity index is 637. The molecule has 21 heavy (non-hydrogen) atoms. The third kappa shape index (κ3) is 5.18. The predicted molar refractivity (Wildman–Crippen MR) is 77.9 cm³/mol. The van der Waals surface area contributed by atoms with Crippen molar-refractivity contribution in [2.24, 2.45) is 0 Å². The van der Waals surface area contributed by atoms with Gasteiger partial charge in [-0.15, -0.1) is 0 Å². The molecule has 1 aromatic carbocycles. The number of amides is 1. The summed E-state index contributed by atoms with van der Waals surface area (Å²) in [6.45, 7) is 3.85. The van der Waals surface area contributed by atoms with Crippen molar-refractivity contribution in [1.82, 2.24) is 5.32 Å².